The molecule has 4 rings (SSSR count). The first-order chi connectivity index (χ1) is 16.6. The first kappa shape index (κ1) is 25.6. The van der Waals surface area contributed by atoms with Crippen LogP contribution >= 0.6 is 0 Å². The third kappa shape index (κ3) is 4.24. The molecule has 0 radical (unpaired) electrons. The van der Waals surface area contributed by atoms with Crippen LogP contribution in [0.2, 0.25) is 0 Å². The van der Waals surface area contributed by atoms with Crippen molar-refractivity contribution in [2.45, 2.75) is 57.2 Å². The number of H-pyrrole nitrogens is 1. The van der Waals surface area contributed by atoms with Gasteiger partial charge >= 0.3 is 11.9 Å². The predicted octanol–water partition coefficient (Wildman–Crippen LogP) is 2.17. The number of carbonyl (C=O) groups is 2. The van der Waals surface area contributed by atoms with Crippen molar-refractivity contribution in [3.8, 4) is 0 Å². The van der Waals surface area contributed by atoms with E-state index in [-0.39, 0.29) is 30.8 Å². The Labute approximate surface area is 204 Å². The van der Waals surface area contributed by atoms with Crippen molar-refractivity contribution < 1.29 is 39.1 Å². The van der Waals surface area contributed by atoms with Crippen LogP contribution in [0.4, 0.5) is 0 Å². The summed E-state index contributed by atoms with van der Waals surface area (Å²) in [5, 5.41) is 30.9. The Balaban J connectivity index is 1.75. The van der Waals surface area contributed by atoms with E-state index < -0.39 is 53.8 Å². The van der Waals surface area contributed by atoms with E-state index in [1.165, 1.54) is 7.11 Å². The highest BCUT2D eigenvalue weighted by molar-refractivity contribution is 5.87. The monoisotopic (exact) mass is 489 g/mol. The Hall–Kier alpha value is -2.46. The second-order valence-corrected chi connectivity index (χ2v) is 10.1. The molecular formula is C26H35NO8. The van der Waals surface area contributed by atoms with Crippen molar-refractivity contribution in [1.82, 2.24) is 4.98 Å². The smallest absolute Gasteiger partial charge is 0.355 e. The van der Waals surface area contributed by atoms with Crippen molar-refractivity contribution in [2.75, 3.05) is 13.7 Å². The highest BCUT2D eigenvalue weighted by Crippen LogP contribution is 2.61. The molecule has 4 bridgehead atoms. The molecule has 0 unspecified atom stereocenters. The SMILES string of the molecule is CO[C@@H](C[C@H]1C=C[C@H]2[C@@H]3O[C@]1(/C(C)=C/[C@@H](C)CO)[C@@H]2[C@H](O)[C@@H](C)[C@H]3OC(=O)c1ccc[nH]1)C(=O)O. The molecule has 0 spiro atoms. The molecule has 2 fully saturated rings. The average molecular weight is 490 g/mol. The van der Waals surface area contributed by atoms with Gasteiger partial charge in [-0.15, -0.1) is 0 Å². The van der Waals surface area contributed by atoms with Gasteiger partial charge in [0.1, 0.15) is 23.5 Å². The fourth-order valence-corrected chi connectivity index (χ4v) is 6.29. The van der Waals surface area contributed by atoms with Crippen LogP contribution in [0.25, 0.3) is 0 Å². The number of hydrogen-bond donors (Lipinski definition) is 4. The highest BCUT2D eigenvalue weighted by atomic mass is 16.6. The van der Waals surface area contributed by atoms with E-state index in [1.807, 2.05) is 39.0 Å². The molecule has 1 saturated carbocycles. The molecule has 9 heteroatoms. The lowest BCUT2D eigenvalue weighted by atomic mass is 9.57. The van der Waals surface area contributed by atoms with E-state index in [4.69, 9.17) is 14.2 Å². The molecule has 4 N–H and O–H groups in total. The Morgan fingerprint density at radius 2 is 2.09 bits per heavy atom. The summed E-state index contributed by atoms with van der Waals surface area (Å²) in [6, 6.07) is 3.33. The summed E-state index contributed by atoms with van der Waals surface area (Å²) < 4.78 is 17.9. The molecule has 0 amide bonds. The number of nitrogens with one attached hydrogen (secondary N) is 1. The van der Waals surface area contributed by atoms with E-state index >= 15 is 0 Å². The van der Waals surface area contributed by atoms with Crippen molar-refractivity contribution >= 4 is 11.9 Å². The lowest BCUT2D eigenvalue weighted by molar-refractivity contribution is -0.151. The predicted molar refractivity (Wildman–Crippen MR) is 125 cm³/mol. The van der Waals surface area contributed by atoms with Gasteiger partial charge in [-0.25, -0.2) is 9.59 Å². The Kier molecular flexibility index (Phi) is 7.24. The van der Waals surface area contributed by atoms with Crippen LogP contribution in [0.5, 0.6) is 0 Å². The van der Waals surface area contributed by atoms with E-state index in [0.717, 1.165) is 5.57 Å². The van der Waals surface area contributed by atoms with E-state index in [0.29, 0.717) is 5.69 Å². The van der Waals surface area contributed by atoms with Gasteiger partial charge in [-0.2, -0.15) is 0 Å². The van der Waals surface area contributed by atoms with Crippen molar-refractivity contribution in [3.63, 3.8) is 0 Å². The normalized spacial score (nSPS) is 37.7. The van der Waals surface area contributed by atoms with Gasteiger partial charge in [-0.05, 0) is 37.0 Å². The molecule has 2 heterocycles. The first-order valence-corrected chi connectivity index (χ1v) is 12.1. The minimum absolute atomic E-state index is 0.0589. The summed E-state index contributed by atoms with van der Waals surface area (Å²) in [5.41, 5.74) is 0.102. The van der Waals surface area contributed by atoms with Crippen LogP contribution in [0.15, 0.2) is 42.1 Å². The molecule has 1 saturated heterocycles. The third-order valence-corrected chi connectivity index (χ3v) is 8.01. The number of hydrogen-bond acceptors (Lipinski definition) is 7. The molecule has 192 valence electrons. The van der Waals surface area contributed by atoms with Gasteiger partial charge in [0.05, 0.1) is 6.10 Å². The minimum Gasteiger partial charge on any atom is -0.479 e. The topological polar surface area (TPSA) is 138 Å². The van der Waals surface area contributed by atoms with Crippen LogP contribution in [-0.4, -0.2) is 76.0 Å². The summed E-state index contributed by atoms with van der Waals surface area (Å²) in [7, 11) is 1.36. The number of carbonyl (C=O) groups excluding carboxylic acids is 1. The molecule has 0 aromatic carbocycles. The highest BCUT2D eigenvalue weighted by Gasteiger charge is 2.68. The minimum atomic E-state index is -1.07. The van der Waals surface area contributed by atoms with Gasteiger partial charge in [0, 0.05) is 43.6 Å². The van der Waals surface area contributed by atoms with Gasteiger partial charge in [0.2, 0.25) is 0 Å². The maximum absolute atomic E-state index is 12.8. The number of aliphatic hydroxyl groups is 2. The fourth-order valence-electron chi connectivity index (χ4n) is 6.29. The number of rotatable bonds is 9. The number of aromatic nitrogens is 1. The molecule has 9 nitrogen and oxygen atoms in total. The van der Waals surface area contributed by atoms with Crippen LogP contribution < -0.4 is 0 Å². The maximum atomic E-state index is 12.8. The second-order valence-electron chi connectivity index (χ2n) is 10.1. The average Bonchev–Trinajstić information content (AvgIpc) is 3.43. The number of aromatic amines is 1. The first-order valence-electron chi connectivity index (χ1n) is 12.1. The number of aliphatic carboxylic acids is 1. The number of methoxy groups -OCH3 is 1. The van der Waals surface area contributed by atoms with Gasteiger partial charge < -0.3 is 34.5 Å². The third-order valence-electron chi connectivity index (χ3n) is 8.01. The molecular weight excluding hydrogens is 454 g/mol. The second kappa shape index (κ2) is 9.89. The Bertz CT molecular complexity index is 987. The summed E-state index contributed by atoms with van der Waals surface area (Å²) in [5.74, 6) is -3.16. The summed E-state index contributed by atoms with van der Waals surface area (Å²) >= 11 is 0. The van der Waals surface area contributed by atoms with Crippen molar-refractivity contribution in [2.24, 2.45) is 29.6 Å². The number of carboxylic acid groups (broad SMARTS) is 1. The molecule has 1 aromatic heterocycles. The summed E-state index contributed by atoms with van der Waals surface area (Å²) in [6.07, 6.45) is 4.47. The molecule has 35 heavy (non-hydrogen) atoms. The van der Waals surface area contributed by atoms with Gasteiger partial charge in [-0.1, -0.05) is 32.1 Å². The molecule has 1 aliphatic heterocycles. The van der Waals surface area contributed by atoms with E-state index in [1.54, 1.807) is 18.3 Å². The van der Waals surface area contributed by atoms with Crippen LogP contribution in [0.3, 0.4) is 0 Å². The summed E-state index contributed by atoms with van der Waals surface area (Å²) in [4.78, 5) is 27.4. The number of ether oxygens (including phenoxy) is 3. The van der Waals surface area contributed by atoms with E-state index in [9.17, 15) is 24.9 Å². The fraction of sp³-hybridized carbons (Fsp3) is 0.615. The molecule has 1 aromatic rings. The van der Waals surface area contributed by atoms with Crippen molar-refractivity contribution in [1.29, 1.82) is 0 Å². The largest absolute Gasteiger partial charge is 0.479 e. The van der Waals surface area contributed by atoms with Gasteiger partial charge in [0.25, 0.3) is 0 Å². The Morgan fingerprint density at radius 3 is 2.69 bits per heavy atom. The standard InChI is InChI=1S/C26H35NO8/c1-13(12-28)10-14(2)26-16(11-19(33-4)24(30)31)7-8-17-20(26)21(29)15(3)22(23(17)35-26)34-25(32)18-6-5-9-27-18/h5-10,13,15-17,19-23,27-29H,11-12H2,1-4H3,(H,30,31)/b14-10+/t13-,15-,16-,17-,19+,20+,21-,22-,23+,26+/m1/s1. The maximum Gasteiger partial charge on any atom is 0.355 e. The number of esters is 1. The zero-order valence-electron chi connectivity index (χ0n) is 20.5. The van der Waals surface area contributed by atoms with Gasteiger partial charge in [-0.3, -0.25) is 0 Å². The molecule has 2 aliphatic carbocycles. The number of carboxylic acids is 1. The van der Waals surface area contributed by atoms with Crippen LogP contribution in [0, 0.1) is 29.6 Å². The lowest BCUT2D eigenvalue weighted by Crippen LogP contribution is -2.57. The van der Waals surface area contributed by atoms with Gasteiger partial charge in [0.15, 0.2) is 6.10 Å². The lowest BCUT2D eigenvalue weighted by Gasteiger charge is -2.48. The van der Waals surface area contributed by atoms with Crippen LogP contribution in [-0.2, 0) is 19.0 Å². The number of aliphatic hydroxyl groups excluding tert-OH is 2. The molecule has 10 atom stereocenters. The summed E-state index contributed by atoms with van der Waals surface area (Å²) in [6.45, 7) is 5.56. The molecule has 3 aliphatic rings. The zero-order valence-corrected chi connectivity index (χ0v) is 20.5. The Morgan fingerprint density at radius 1 is 1.34 bits per heavy atom. The van der Waals surface area contributed by atoms with E-state index in [2.05, 4.69) is 4.98 Å². The quantitative estimate of drug-likeness (QED) is 0.306. The zero-order chi connectivity index (χ0) is 25.5. The van der Waals surface area contributed by atoms with Crippen LogP contribution in [0.1, 0.15) is 37.7 Å². The van der Waals surface area contributed by atoms with Crippen molar-refractivity contribution in [3.05, 3.63) is 47.8 Å².